The Morgan fingerprint density at radius 1 is 1.40 bits per heavy atom. The van der Waals surface area contributed by atoms with Crippen LogP contribution >= 0.6 is 0 Å². The van der Waals surface area contributed by atoms with Crippen LogP contribution in [0.2, 0.25) is 0 Å². The van der Waals surface area contributed by atoms with Gasteiger partial charge in [0.15, 0.2) is 0 Å². The van der Waals surface area contributed by atoms with E-state index in [1.54, 1.807) is 0 Å². The van der Waals surface area contributed by atoms with E-state index >= 15 is 0 Å². The van der Waals surface area contributed by atoms with Crippen LogP contribution < -0.4 is 4.72 Å². The molecule has 2 atom stereocenters. The van der Waals surface area contributed by atoms with Crippen molar-refractivity contribution in [2.24, 2.45) is 0 Å². The van der Waals surface area contributed by atoms with Crippen molar-refractivity contribution in [2.45, 2.75) is 25.5 Å². The van der Waals surface area contributed by atoms with Crippen LogP contribution in [0.4, 0.5) is 0 Å². The summed E-state index contributed by atoms with van der Waals surface area (Å²) < 4.78 is 14.0. The summed E-state index contributed by atoms with van der Waals surface area (Å²) in [4.78, 5) is 11.1. The first-order chi connectivity index (χ1) is 7.08. The Bertz CT molecular complexity index is 442. The molecule has 3 nitrogen and oxygen atoms in total. The number of benzene rings is 1. The van der Waals surface area contributed by atoms with Gasteiger partial charge >= 0.3 is 0 Å². The molecule has 80 valence electrons. The normalized spacial score (nSPS) is 25.3. The molecule has 2 unspecified atom stereocenters. The fourth-order valence-corrected chi connectivity index (χ4v) is 3.13. The molecule has 1 saturated heterocycles. The molecular formula is C11H13NO2S. The highest BCUT2D eigenvalue weighted by Crippen LogP contribution is 2.29. The van der Waals surface area contributed by atoms with E-state index < -0.39 is 11.0 Å². The minimum Gasteiger partial charge on any atom is -0.275 e. The van der Waals surface area contributed by atoms with Gasteiger partial charge in [-0.05, 0) is 25.0 Å². The summed E-state index contributed by atoms with van der Waals surface area (Å²) in [7, 11) is -1.26. The zero-order chi connectivity index (χ0) is 11.0. The molecule has 1 aliphatic rings. The molecule has 0 aliphatic carbocycles. The van der Waals surface area contributed by atoms with Crippen molar-refractivity contribution in [3.8, 4) is 0 Å². The highest BCUT2D eigenvalue weighted by atomic mass is 32.2. The standard InChI is InChI=1S/C11H13NO2S/c1-7-3-4-9(8(2)5-7)10-6-11(13)12-15(10)14/h3-5,10H,6H2,1-2H3,(H,12,13). The Hall–Kier alpha value is -1.16. The average Bonchev–Trinajstić information content (AvgIpc) is 2.45. The lowest BCUT2D eigenvalue weighted by Gasteiger charge is -2.10. The third-order valence-corrected chi connectivity index (χ3v) is 3.98. The Labute approximate surface area is 91.5 Å². The lowest BCUT2D eigenvalue weighted by Crippen LogP contribution is -2.15. The largest absolute Gasteiger partial charge is 0.275 e. The maximum absolute atomic E-state index is 11.6. The van der Waals surface area contributed by atoms with Gasteiger partial charge in [-0.25, -0.2) is 4.21 Å². The predicted molar refractivity (Wildman–Crippen MR) is 59.6 cm³/mol. The van der Waals surface area contributed by atoms with Crippen molar-refractivity contribution in [1.82, 2.24) is 4.72 Å². The van der Waals surface area contributed by atoms with Crippen LogP contribution in [-0.4, -0.2) is 10.1 Å². The quantitative estimate of drug-likeness (QED) is 0.784. The van der Waals surface area contributed by atoms with Crippen LogP contribution in [0.25, 0.3) is 0 Å². The first kappa shape index (κ1) is 10.4. The molecule has 0 spiro atoms. The smallest absolute Gasteiger partial charge is 0.233 e. The molecule has 1 aliphatic heterocycles. The molecule has 1 heterocycles. The number of amides is 1. The Balaban J connectivity index is 2.38. The highest BCUT2D eigenvalue weighted by molar-refractivity contribution is 7.84. The summed E-state index contributed by atoms with van der Waals surface area (Å²) in [6, 6.07) is 6.01. The van der Waals surface area contributed by atoms with Gasteiger partial charge in [-0.2, -0.15) is 0 Å². The molecule has 0 radical (unpaired) electrons. The van der Waals surface area contributed by atoms with Crippen LogP contribution in [0.1, 0.15) is 28.4 Å². The lowest BCUT2D eigenvalue weighted by molar-refractivity contribution is -0.118. The summed E-state index contributed by atoms with van der Waals surface area (Å²) in [6.45, 7) is 4.01. The van der Waals surface area contributed by atoms with Crippen LogP contribution in [-0.2, 0) is 15.8 Å². The molecule has 2 rings (SSSR count). The van der Waals surface area contributed by atoms with Crippen molar-refractivity contribution in [3.05, 3.63) is 34.9 Å². The van der Waals surface area contributed by atoms with E-state index in [1.807, 2.05) is 26.0 Å². The number of aryl methyl sites for hydroxylation is 2. The van der Waals surface area contributed by atoms with Gasteiger partial charge in [0.2, 0.25) is 5.91 Å². The zero-order valence-electron chi connectivity index (χ0n) is 8.74. The first-order valence-corrected chi connectivity index (χ1v) is 6.06. The number of hydrogen-bond acceptors (Lipinski definition) is 2. The third-order valence-electron chi connectivity index (χ3n) is 2.62. The molecule has 15 heavy (non-hydrogen) atoms. The van der Waals surface area contributed by atoms with E-state index in [0.29, 0.717) is 6.42 Å². The Kier molecular flexibility index (Phi) is 2.61. The first-order valence-electron chi connectivity index (χ1n) is 4.85. The van der Waals surface area contributed by atoms with Crippen molar-refractivity contribution in [2.75, 3.05) is 0 Å². The minimum atomic E-state index is -1.26. The van der Waals surface area contributed by atoms with Crippen LogP contribution in [0.15, 0.2) is 18.2 Å². The van der Waals surface area contributed by atoms with Gasteiger partial charge in [0.05, 0.1) is 5.25 Å². The lowest BCUT2D eigenvalue weighted by atomic mass is 10.0. The SMILES string of the molecule is Cc1ccc(C2CC(=O)NS2=O)c(C)c1. The second kappa shape index (κ2) is 3.77. The zero-order valence-corrected chi connectivity index (χ0v) is 9.56. The van der Waals surface area contributed by atoms with E-state index in [2.05, 4.69) is 10.8 Å². The van der Waals surface area contributed by atoms with Gasteiger partial charge in [-0.1, -0.05) is 23.8 Å². The Morgan fingerprint density at radius 3 is 2.67 bits per heavy atom. The average molecular weight is 223 g/mol. The maximum atomic E-state index is 11.6. The van der Waals surface area contributed by atoms with Gasteiger partial charge in [-0.3, -0.25) is 9.52 Å². The van der Waals surface area contributed by atoms with Gasteiger partial charge in [0.1, 0.15) is 11.0 Å². The van der Waals surface area contributed by atoms with Crippen molar-refractivity contribution in [3.63, 3.8) is 0 Å². The molecule has 1 amide bonds. The minimum absolute atomic E-state index is 0.127. The molecular weight excluding hydrogens is 210 g/mol. The number of rotatable bonds is 1. The summed E-state index contributed by atoms with van der Waals surface area (Å²) in [6.07, 6.45) is 0.330. The van der Waals surface area contributed by atoms with Crippen molar-refractivity contribution in [1.29, 1.82) is 0 Å². The van der Waals surface area contributed by atoms with E-state index in [9.17, 15) is 9.00 Å². The molecule has 0 aromatic heterocycles. The number of carbonyl (C=O) groups excluding carboxylic acids is 1. The van der Waals surface area contributed by atoms with E-state index in [-0.39, 0.29) is 11.2 Å². The third kappa shape index (κ3) is 1.95. The maximum Gasteiger partial charge on any atom is 0.233 e. The predicted octanol–water partition coefficient (Wildman–Crippen LogP) is 1.53. The van der Waals surface area contributed by atoms with E-state index in [1.165, 1.54) is 5.56 Å². The summed E-state index contributed by atoms with van der Waals surface area (Å²) in [5.74, 6) is -0.127. The van der Waals surface area contributed by atoms with Crippen molar-refractivity contribution >= 4 is 16.9 Å². The van der Waals surface area contributed by atoms with Crippen LogP contribution in [0.3, 0.4) is 0 Å². The van der Waals surface area contributed by atoms with Gasteiger partial charge in [-0.15, -0.1) is 0 Å². The highest BCUT2D eigenvalue weighted by Gasteiger charge is 2.31. The van der Waals surface area contributed by atoms with E-state index in [0.717, 1.165) is 11.1 Å². The molecule has 0 saturated carbocycles. The summed E-state index contributed by atoms with van der Waals surface area (Å²) in [5.41, 5.74) is 3.29. The fourth-order valence-electron chi connectivity index (χ4n) is 1.88. The molecule has 1 N–H and O–H groups in total. The van der Waals surface area contributed by atoms with Crippen LogP contribution in [0.5, 0.6) is 0 Å². The van der Waals surface area contributed by atoms with Crippen molar-refractivity contribution < 1.29 is 9.00 Å². The number of hydrogen-bond donors (Lipinski definition) is 1. The van der Waals surface area contributed by atoms with Crippen LogP contribution in [0, 0.1) is 13.8 Å². The second-order valence-electron chi connectivity index (χ2n) is 3.88. The summed E-state index contributed by atoms with van der Waals surface area (Å²) in [5, 5.41) is -0.182. The molecule has 1 aromatic carbocycles. The number of nitrogens with one attached hydrogen (secondary N) is 1. The fraction of sp³-hybridized carbons (Fsp3) is 0.364. The van der Waals surface area contributed by atoms with Gasteiger partial charge < -0.3 is 0 Å². The molecule has 4 heteroatoms. The molecule has 1 fully saturated rings. The number of carbonyl (C=O) groups is 1. The summed E-state index contributed by atoms with van der Waals surface area (Å²) >= 11 is 0. The molecule has 0 bridgehead atoms. The topological polar surface area (TPSA) is 46.2 Å². The Morgan fingerprint density at radius 2 is 2.13 bits per heavy atom. The second-order valence-corrected chi connectivity index (χ2v) is 5.24. The van der Waals surface area contributed by atoms with Gasteiger partial charge in [0.25, 0.3) is 0 Å². The van der Waals surface area contributed by atoms with E-state index in [4.69, 9.17) is 0 Å². The molecule has 1 aromatic rings. The van der Waals surface area contributed by atoms with Gasteiger partial charge in [0, 0.05) is 6.42 Å². The monoisotopic (exact) mass is 223 g/mol.